The lowest BCUT2D eigenvalue weighted by atomic mass is 10.1. The molecule has 2 heterocycles. The first-order valence-electron chi connectivity index (χ1n) is 13.6. The van der Waals surface area contributed by atoms with Gasteiger partial charge in [-0.1, -0.05) is 60.7 Å². The van der Waals surface area contributed by atoms with E-state index in [1.54, 1.807) is 29.4 Å². The third-order valence-electron chi connectivity index (χ3n) is 7.15. The van der Waals surface area contributed by atoms with Crippen LogP contribution in [-0.4, -0.2) is 74.4 Å². The SMILES string of the molecule is O=C(CN(CCCN1CCOCC1)S(=O)(=O)c1ccc2ccccc2c1)N(Cc1ccccc1)Cc1ccco1. The molecule has 1 aliphatic rings. The van der Waals surface area contributed by atoms with Gasteiger partial charge in [-0.05, 0) is 53.6 Å². The summed E-state index contributed by atoms with van der Waals surface area (Å²) in [5.41, 5.74) is 0.957. The van der Waals surface area contributed by atoms with E-state index >= 15 is 0 Å². The fourth-order valence-electron chi connectivity index (χ4n) is 4.93. The van der Waals surface area contributed by atoms with Crippen LogP contribution in [-0.2, 0) is 32.6 Å². The predicted octanol–water partition coefficient (Wildman–Crippen LogP) is 4.37. The molecule has 210 valence electrons. The molecule has 1 fully saturated rings. The second kappa shape index (κ2) is 13.2. The number of amides is 1. The van der Waals surface area contributed by atoms with E-state index in [1.807, 2.05) is 66.7 Å². The van der Waals surface area contributed by atoms with E-state index in [1.165, 1.54) is 4.31 Å². The number of ether oxygens (including phenoxy) is 1. The van der Waals surface area contributed by atoms with Crippen LogP contribution in [0.15, 0.2) is 101 Å². The van der Waals surface area contributed by atoms with Crippen molar-refractivity contribution >= 4 is 26.7 Å². The minimum atomic E-state index is -3.94. The number of rotatable bonds is 12. The van der Waals surface area contributed by atoms with Crippen LogP contribution in [0.4, 0.5) is 0 Å². The molecule has 1 saturated heterocycles. The molecule has 0 aliphatic carbocycles. The zero-order valence-electron chi connectivity index (χ0n) is 22.5. The molecule has 0 unspecified atom stereocenters. The van der Waals surface area contributed by atoms with Gasteiger partial charge in [0.05, 0.1) is 37.5 Å². The van der Waals surface area contributed by atoms with Crippen molar-refractivity contribution in [2.24, 2.45) is 0 Å². The van der Waals surface area contributed by atoms with E-state index in [0.29, 0.717) is 31.9 Å². The van der Waals surface area contributed by atoms with Gasteiger partial charge in [-0.25, -0.2) is 8.42 Å². The van der Waals surface area contributed by atoms with Gasteiger partial charge in [0.1, 0.15) is 5.76 Å². The van der Waals surface area contributed by atoms with Crippen molar-refractivity contribution in [2.75, 3.05) is 45.9 Å². The number of carbonyl (C=O) groups is 1. The lowest BCUT2D eigenvalue weighted by Gasteiger charge is -2.29. The maximum atomic E-state index is 14.0. The van der Waals surface area contributed by atoms with Crippen molar-refractivity contribution in [2.45, 2.75) is 24.4 Å². The molecular weight excluding hydrogens is 526 g/mol. The summed E-state index contributed by atoms with van der Waals surface area (Å²) in [6.07, 6.45) is 2.18. The van der Waals surface area contributed by atoms with Gasteiger partial charge in [-0.15, -0.1) is 0 Å². The van der Waals surface area contributed by atoms with Gasteiger partial charge in [-0.2, -0.15) is 4.31 Å². The molecule has 1 aliphatic heterocycles. The zero-order chi connectivity index (χ0) is 27.8. The number of hydrogen-bond acceptors (Lipinski definition) is 6. The summed E-state index contributed by atoms with van der Waals surface area (Å²) in [4.78, 5) is 17.9. The molecule has 3 aromatic carbocycles. The Balaban J connectivity index is 1.39. The predicted molar refractivity (Wildman–Crippen MR) is 154 cm³/mol. The Morgan fingerprint density at radius 3 is 2.35 bits per heavy atom. The highest BCUT2D eigenvalue weighted by Crippen LogP contribution is 2.23. The standard InChI is InChI=1S/C31H35N3O5S/c35-31(33(24-29-12-6-19-39-29)23-26-8-2-1-3-9-26)25-34(16-7-15-32-17-20-38-21-18-32)40(36,37)30-14-13-27-10-4-5-11-28(27)22-30/h1-6,8-14,19,22H,7,15-18,20-21,23-25H2. The number of sulfonamides is 1. The lowest BCUT2D eigenvalue weighted by molar-refractivity contribution is -0.133. The molecular formula is C31H35N3O5S. The number of benzene rings is 3. The number of carbonyl (C=O) groups excluding carboxylic acids is 1. The van der Waals surface area contributed by atoms with Gasteiger partial charge in [0.15, 0.2) is 0 Å². The topological polar surface area (TPSA) is 83.3 Å². The number of morpholine rings is 1. The van der Waals surface area contributed by atoms with E-state index in [4.69, 9.17) is 9.15 Å². The van der Waals surface area contributed by atoms with Crippen molar-refractivity contribution in [3.63, 3.8) is 0 Å². The van der Waals surface area contributed by atoms with Crippen LogP contribution in [0.2, 0.25) is 0 Å². The Kier molecular flexibility index (Phi) is 9.28. The van der Waals surface area contributed by atoms with Crippen LogP contribution >= 0.6 is 0 Å². The molecule has 1 aromatic heterocycles. The largest absolute Gasteiger partial charge is 0.467 e. The highest BCUT2D eigenvalue weighted by Gasteiger charge is 2.29. The summed E-state index contributed by atoms with van der Waals surface area (Å²) in [5, 5.41) is 1.80. The lowest BCUT2D eigenvalue weighted by Crippen LogP contribution is -2.44. The molecule has 0 N–H and O–H groups in total. The second-order valence-corrected chi connectivity index (χ2v) is 11.9. The van der Waals surface area contributed by atoms with Gasteiger partial charge in [-0.3, -0.25) is 9.69 Å². The molecule has 40 heavy (non-hydrogen) atoms. The summed E-state index contributed by atoms with van der Waals surface area (Å²) in [5.74, 6) is 0.358. The van der Waals surface area contributed by atoms with E-state index in [0.717, 1.165) is 36.0 Å². The molecule has 9 heteroatoms. The molecule has 0 atom stereocenters. The maximum absolute atomic E-state index is 14.0. The van der Waals surface area contributed by atoms with Crippen LogP contribution in [0.3, 0.4) is 0 Å². The van der Waals surface area contributed by atoms with Crippen molar-refractivity contribution in [1.29, 1.82) is 0 Å². The summed E-state index contributed by atoms with van der Waals surface area (Å²) in [6.45, 7) is 4.31. The first-order valence-corrected chi connectivity index (χ1v) is 15.1. The van der Waals surface area contributed by atoms with Gasteiger partial charge in [0, 0.05) is 26.2 Å². The van der Waals surface area contributed by atoms with Crippen LogP contribution in [0.5, 0.6) is 0 Å². The second-order valence-electron chi connectivity index (χ2n) is 9.97. The molecule has 4 aromatic rings. The number of hydrogen-bond donors (Lipinski definition) is 0. The average molecular weight is 562 g/mol. The van der Waals surface area contributed by atoms with Crippen LogP contribution in [0.25, 0.3) is 10.8 Å². The fourth-order valence-corrected chi connectivity index (χ4v) is 6.40. The average Bonchev–Trinajstić information content (AvgIpc) is 3.50. The smallest absolute Gasteiger partial charge is 0.243 e. The van der Waals surface area contributed by atoms with Gasteiger partial charge >= 0.3 is 0 Å². The zero-order valence-corrected chi connectivity index (χ0v) is 23.3. The van der Waals surface area contributed by atoms with E-state index in [9.17, 15) is 13.2 Å². The maximum Gasteiger partial charge on any atom is 0.243 e. The number of furan rings is 1. The molecule has 5 rings (SSSR count). The molecule has 0 radical (unpaired) electrons. The van der Waals surface area contributed by atoms with Crippen molar-refractivity contribution in [3.05, 3.63) is 103 Å². The van der Waals surface area contributed by atoms with E-state index < -0.39 is 10.0 Å². The summed E-state index contributed by atoms with van der Waals surface area (Å²) >= 11 is 0. The summed E-state index contributed by atoms with van der Waals surface area (Å²) in [6, 6.07) is 26.1. The summed E-state index contributed by atoms with van der Waals surface area (Å²) < 4.78 is 40.3. The van der Waals surface area contributed by atoms with E-state index in [-0.39, 0.29) is 30.4 Å². The molecule has 8 nitrogen and oxygen atoms in total. The molecule has 1 amide bonds. The van der Waals surface area contributed by atoms with Crippen LogP contribution in [0, 0.1) is 0 Å². The van der Waals surface area contributed by atoms with Crippen LogP contribution < -0.4 is 0 Å². The highest BCUT2D eigenvalue weighted by molar-refractivity contribution is 7.89. The van der Waals surface area contributed by atoms with Crippen molar-refractivity contribution in [3.8, 4) is 0 Å². The first-order chi connectivity index (χ1) is 19.5. The van der Waals surface area contributed by atoms with Gasteiger partial charge < -0.3 is 14.1 Å². The van der Waals surface area contributed by atoms with E-state index in [2.05, 4.69) is 4.90 Å². The van der Waals surface area contributed by atoms with Crippen molar-refractivity contribution in [1.82, 2.24) is 14.1 Å². The fraction of sp³-hybridized carbons (Fsp3) is 0.323. The normalized spacial score (nSPS) is 14.5. The van der Waals surface area contributed by atoms with Gasteiger partial charge in [0.2, 0.25) is 15.9 Å². The highest BCUT2D eigenvalue weighted by atomic mass is 32.2. The molecule has 0 spiro atoms. The van der Waals surface area contributed by atoms with Crippen molar-refractivity contribution < 1.29 is 22.4 Å². The Bertz CT molecular complexity index is 1490. The Labute approximate surface area is 235 Å². The van der Waals surface area contributed by atoms with Crippen LogP contribution in [0.1, 0.15) is 17.7 Å². The first kappa shape index (κ1) is 28.0. The quantitative estimate of drug-likeness (QED) is 0.255. The monoisotopic (exact) mass is 561 g/mol. The summed E-state index contributed by atoms with van der Waals surface area (Å²) in [7, 11) is -3.94. The third kappa shape index (κ3) is 7.17. The molecule has 0 saturated carbocycles. The van der Waals surface area contributed by atoms with Gasteiger partial charge in [0.25, 0.3) is 0 Å². The Morgan fingerprint density at radius 2 is 1.60 bits per heavy atom. The molecule has 0 bridgehead atoms. The Morgan fingerprint density at radius 1 is 0.850 bits per heavy atom. The number of nitrogens with zero attached hydrogens (tertiary/aromatic N) is 3. The minimum absolute atomic E-state index is 0.186. The third-order valence-corrected chi connectivity index (χ3v) is 8.99. The number of fused-ring (bicyclic) bond motifs is 1. The Hall–Kier alpha value is -3.50. The minimum Gasteiger partial charge on any atom is -0.467 e.